The molecule has 0 aromatic heterocycles. The first kappa shape index (κ1) is 12.1. The van der Waals surface area contributed by atoms with Crippen LogP contribution in [0, 0.1) is 5.82 Å². The zero-order valence-corrected chi connectivity index (χ0v) is 10.8. The first-order chi connectivity index (χ1) is 9.16. The Balaban J connectivity index is 2.24. The van der Waals surface area contributed by atoms with Gasteiger partial charge < -0.3 is 0 Å². The molecule has 1 aliphatic rings. The first-order valence-corrected chi connectivity index (χ1v) is 6.53. The number of halogens is 1. The normalized spacial score (nSPS) is 17.3. The molecule has 0 amide bonds. The molecule has 1 nitrogen and oxygen atoms in total. The molecular weight excluding hydrogens is 239 g/mol. The Labute approximate surface area is 112 Å². The molecule has 19 heavy (non-hydrogen) atoms. The van der Waals surface area contributed by atoms with Gasteiger partial charge in [0.15, 0.2) is 0 Å². The Morgan fingerprint density at radius 1 is 1.05 bits per heavy atom. The van der Waals surface area contributed by atoms with Gasteiger partial charge in [-0.1, -0.05) is 30.3 Å². The van der Waals surface area contributed by atoms with Gasteiger partial charge in [0.05, 0.1) is 5.92 Å². The monoisotopic (exact) mass is 254 g/mol. The summed E-state index contributed by atoms with van der Waals surface area (Å²) in [6, 6.07) is 12.8. The van der Waals surface area contributed by atoms with Crippen molar-refractivity contribution in [1.82, 2.24) is 0 Å². The van der Waals surface area contributed by atoms with Gasteiger partial charge in [-0.15, -0.1) is 0 Å². The maximum Gasteiger partial charge on any atom is 0.141 e. The minimum Gasteiger partial charge on any atom is -0.299 e. The van der Waals surface area contributed by atoms with Gasteiger partial charge in [0.1, 0.15) is 11.6 Å². The second-order valence-corrected chi connectivity index (χ2v) is 5.09. The maximum atomic E-state index is 13.4. The average molecular weight is 254 g/mol. The van der Waals surface area contributed by atoms with Crippen molar-refractivity contribution in [1.29, 1.82) is 0 Å². The Morgan fingerprint density at radius 2 is 1.74 bits per heavy atom. The van der Waals surface area contributed by atoms with Crippen molar-refractivity contribution in [3.05, 3.63) is 70.5 Å². The van der Waals surface area contributed by atoms with Crippen LogP contribution in [-0.2, 0) is 17.6 Å². The van der Waals surface area contributed by atoms with Crippen molar-refractivity contribution in [2.24, 2.45) is 0 Å². The molecule has 1 aliphatic carbocycles. The maximum absolute atomic E-state index is 13.4. The van der Waals surface area contributed by atoms with Crippen LogP contribution >= 0.6 is 0 Å². The Bertz CT molecular complexity index is 645. The minimum absolute atomic E-state index is 0.113. The van der Waals surface area contributed by atoms with E-state index in [4.69, 9.17) is 0 Å². The zero-order chi connectivity index (χ0) is 13.4. The van der Waals surface area contributed by atoms with Crippen molar-refractivity contribution in [2.75, 3.05) is 0 Å². The standard InChI is InChI=1S/C17H15FO/c1-11(19)17-15-5-3-2-4-12(15)6-7-13-10-14(18)8-9-16(13)17/h2-5,8-10,17H,6-7H2,1H3. The molecule has 1 atom stereocenters. The van der Waals surface area contributed by atoms with E-state index in [2.05, 4.69) is 6.07 Å². The van der Waals surface area contributed by atoms with Crippen LogP contribution in [-0.4, -0.2) is 5.78 Å². The van der Waals surface area contributed by atoms with Crippen LogP contribution in [0.1, 0.15) is 35.1 Å². The van der Waals surface area contributed by atoms with Crippen LogP contribution in [0.15, 0.2) is 42.5 Å². The zero-order valence-electron chi connectivity index (χ0n) is 10.8. The summed E-state index contributed by atoms with van der Waals surface area (Å²) in [5.74, 6) is -0.372. The smallest absolute Gasteiger partial charge is 0.141 e. The first-order valence-electron chi connectivity index (χ1n) is 6.53. The summed E-state index contributed by atoms with van der Waals surface area (Å²) in [4.78, 5) is 12.1. The fraction of sp³-hybridized carbons (Fsp3) is 0.235. The van der Waals surface area contributed by atoms with Gasteiger partial charge in [-0.2, -0.15) is 0 Å². The number of hydrogen-bond acceptors (Lipinski definition) is 1. The number of carbonyl (C=O) groups excluding carboxylic acids is 1. The van der Waals surface area contributed by atoms with E-state index in [9.17, 15) is 9.18 Å². The van der Waals surface area contributed by atoms with E-state index in [0.717, 1.165) is 29.5 Å². The lowest BCUT2D eigenvalue weighted by molar-refractivity contribution is -0.117. The lowest BCUT2D eigenvalue weighted by atomic mass is 9.85. The molecule has 0 bridgehead atoms. The van der Waals surface area contributed by atoms with Crippen LogP contribution in [0.5, 0.6) is 0 Å². The fourth-order valence-corrected chi connectivity index (χ4v) is 2.99. The molecular formula is C17H15FO. The molecule has 1 unspecified atom stereocenters. The largest absolute Gasteiger partial charge is 0.299 e. The topological polar surface area (TPSA) is 17.1 Å². The second kappa shape index (κ2) is 4.61. The minimum atomic E-state index is -0.255. The third-order valence-corrected chi connectivity index (χ3v) is 3.85. The van der Waals surface area contributed by atoms with Crippen LogP contribution in [0.25, 0.3) is 0 Å². The lowest BCUT2D eigenvalue weighted by Gasteiger charge is -2.17. The Morgan fingerprint density at radius 3 is 2.53 bits per heavy atom. The second-order valence-electron chi connectivity index (χ2n) is 5.09. The van der Waals surface area contributed by atoms with E-state index in [-0.39, 0.29) is 17.5 Å². The molecule has 2 aromatic rings. The number of benzene rings is 2. The summed E-state index contributed by atoms with van der Waals surface area (Å²) >= 11 is 0. The van der Waals surface area contributed by atoms with Crippen molar-refractivity contribution in [3.63, 3.8) is 0 Å². The lowest BCUT2D eigenvalue weighted by Crippen LogP contribution is -2.12. The highest BCUT2D eigenvalue weighted by atomic mass is 19.1. The van der Waals surface area contributed by atoms with Gasteiger partial charge in [0.25, 0.3) is 0 Å². The van der Waals surface area contributed by atoms with Gasteiger partial charge in [0.2, 0.25) is 0 Å². The molecule has 2 heteroatoms. The summed E-state index contributed by atoms with van der Waals surface area (Å²) in [5, 5.41) is 0. The SMILES string of the molecule is CC(=O)C1c2ccccc2CCc2cc(F)ccc21. The van der Waals surface area contributed by atoms with E-state index in [1.54, 1.807) is 19.1 Å². The third-order valence-electron chi connectivity index (χ3n) is 3.85. The van der Waals surface area contributed by atoms with Crippen LogP contribution in [0.3, 0.4) is 0 Å². The number of hydrogen-bond donors (Lipinski definition) is 0. The molecule has 0 saturated heterocycles. The third kappa shape index (κ3) is 2.07. The van der Waals surface area contributed by atoms with E-state index in [1.165, 1.54) is 11.6 Å². The van der Waals surface area contributed by atoms with Gasteiger partial charge in [-0.3, -0.25) is 4.79 Å². The number of ketones is 1. The summed E-state index contributed by atoms with van der Waals surface area (Å²) in [7, 11) is 0. The van der Waals surface area contributed by atoms with E-state index in [0.29, 0.717) is 0 Å². The highest BCUT2D eigenvalue weighted by Gasteiger charge is 2.26. The van der Waals surface area contributed by atoms with E-state index in [1.807, 2.05) is 18.2 Å². The predicted octanol–water partition coefficient (Wildman–Crippen LogP) is 3.65. The average Bonchev–Trinajstić information content (AvgIpc) is 2.55. The molecule has 0 heterocycles. The number of rotatable bonds is 1. The highest BCUT2D eigenvalue weighted by Crippen LogP contribution is 2.35. The number of aryl methyl sites for hydroxylation is 2. The Kier molecular flexibility index (Phi) is 2.94. The molecule has 0 radical (unpaired) electrons. The quantitative estimate of drug-likeness (QED) is 0.759. The van der Waals surface area contributed by atoms with Crippen LogP contribution < -0.4 is 0 Å². The van der Waals surface area contributed by atoms with Gasteiger partial charge >= 0.3 is 0 Å². The number of Topliss-reactive ketones (excluding diaryl/α,β-unsaturated/α-hetero) is 1. The fourth-order valence-electron chi connectivity index (χ4n) is 2.99. The Hall–Kier alpha value is -1.96. The van der Waals surface area contributed by atoms with Gasteiger partial charge in [0, 0.05) is 0 Å². The van der Waals surface area contributed by atoms with Crippen molar-refractivity contribution >= 4 is 5.78 Å². The highest BCUT2D eigenvalue weighted by molar-refractivity contribution is 5.88. The summed E-state index contributed by atoms with van der Waals surface area (Å²) in [5.41, 5.74) is 4.18. The van der Waals surface area contributed by atoms with Crippen LogP contribution in [0.4, 0.5) is 4.39 Å². The van der Waals surface area contributed by atoms with Crippen molar-refractivity contribution in [2.45, 2.75) is 25.7 Å². The van der Waals surface area contributed by atoms with Crippen LogP contribution in [0.2, 0.25) is 0 Å². The summed E-state index contributed by atoms with van der Waals surface area (Å²) in [6.45, 7) is 1.61. The molecule has 3 rings (SSSR count). The molecule has 0 saturated carbocycles. The van der Waals surface area contributed by atoms with Gasteiger partial charge in [-0.05, 0) is 54.2 Å². The van der Waals surface area contributed by atoms with E-state index >= 15 is 0 Å². The molecule has 0 spiro atoms. The van der Waals surface area contributed by atoms with E-state index < -0.39 is 0 Å². The van der Waals surface area contributed by atoms with Gasteiger partial charge in [-0.25, -0.2) is 4.39 Å². The molecule has 96 valence electrons. The predicted molar refractivity (Wildman–Crippen MR) is 72.8 cm³/mol. The van der Waals surface area contributed by atoms with Crippen molar-refractivity contribution < 1.29 is 9.18 Å². The molecule has 0 aliphatic heterocycles. The number of fused-ring (bicyclic) bond motifs is 2. The molecule has 0 N–H and O–H groups in total. The molecule has 0 fully saturated rings. The summed E-state index contributed by atoms with van der Waals surface area (Å²) < 4.78 is 13.4. The molecule has 2 aromatic carbocycles. The summed E-state index contributed by atoms with van der Waals surface area (Å²) in [6.07, 6.45) is 1.64. The number of carbonyl (C=O) groups is 1. The van der Waals surface area contributed by atoms with Crippen molar-refractivity contribution in [3.8, 4) is 0 Å².